The highest BCUT2D eigenvalue weighted by atomic mass is 16.3. The molecule has 0 fully saturated rings. The number of hydrogen-bond donors (Lipinski definition) is 1. The predicted octanol–water partition coefficient (Wildman–Crippen LogP) is 0.557. The first-order chi connectivity index (χ1) is 14.5. The lowest BCUT2D eigenvalue weighted by Crippen LogP contribution is -2.50. The van der Waals surface area contributed by atoms with E-state index >= 15 is 0 Å². The lowest BCUT2D eigenvalue weighted by Gasteiger charge is -2.31. The number of aromatic nitrogens is 1. The monoisotopic (exact) mass is 422 g/mol. The molecule has 0 radical (unpaired) electrons. The normalized spacial score (nSPS) is 15.8. The Morgan fingerprint density at radius 2 is 1.58 bits per heavy atom. The first-order valence-electron chi connectivity index (χ1n) is 9.11. The van der Waals surface area contributed by atoms with Gasteiger partial charge in [0.15, 0.2) is 0 Å². The Hall–Kier alpha value is -4.15. The number of carbonyl (C=O) groups is 2. The number of allylic oxidation sites excluding steroid dienone is 2. The minimum atomic E-state index is -0.707. The van der Waals surface area contributed by atoms with Crippen LogP contribution in [0.25, 0.3) is 6.08 Å². The van der Waals surface area contributed by atoms with E-state index in [9.17, 15) is 30.0 Å². The molecule has 0 aromatic carbocycles. The molecule has 160 valence electrons. The molecule has 2 heterocycles. The average Bonchev–Trinajstić information content (AvgIpc) is 2.66. The second-order valence-corrected chi connectivity index (χ2v) is 7.13. The number of hydrazine groups is 1. The summed E-state index contributed by atoms with van der Waals surface area (Å²) in [5, 5.41) is 32.8. The van der Waals surface area contributed by atoms with Crippen molar-refractivity contribution in [3.8, 4) is 18.0 Å². The van der Waals surface area contributed by atoms with Crippen LogP contribution < -0.4 is 10.6 Å². The van der Waals surface area contributed by atoms with Gasteiger partial charge in [0.1, 0.15) is 23.3 Å². The van der Waals surface area contributed by atoms with Gasteiger partial charge in [0.05, 0.1) is 0 Å². The quantitative estimate of drug-likeness (QED) is 0.549. The van der Waals surface area contributed by atoms with Crippen molar-refractivity contribution >= 4 is 17.9 Å². The highest BCUT2D eigenvalue weighted by Crippen LogP contribution is 2.27. The van der Waals surface area contributed by atoms with E-state index in [1.54, 1.807) is 0 Å². The number of pyridine rings is 1. The number of aromatic hydroxyl groups is 1. The number of nitrogens with zero attached hydrogens (tertiary/aromatic N) is 6. The van der Waals surface area contributed by atoms with E-state index in [4.69, 9.17) is 0 Å². The third-order valence-electron chi connectivity index (χ3n) is 4.78. The molecule has 10 heteroatoms. The first-order valence-corrected chi connectivity index (χ1v) is 9.11. The van der Waals surface area contributed by atoms with Gasteiger partial charge in [-0.25, -0.2) is 10.0 Å². The van der Waals surface area contributed by atoms with Crippen LogP contribution in [0.4, 0.5) is 0 Å². The molecule has 1 aromatic rings. The second-order valence-electron chi connectivity index (χ2n) is 7.13. The third kappa shape index (κ3) is 3.84. The van der Waals surface area contributed by atoms with Crippen LogP contribution in [-0.4, -0.2) is 59.8 Å². The molecular formula is C21H22N6O4. The lowest BCUT2D eigenvalue weighted by molar-refractivity contribution is -0.155. The summed E-state index contributed by atoms with van der Waals surface area (Å²) >= 11 is 0. The summed E-state index contributed by atoms with van der Waals surface area (Å²) in [6, 6.07) is 3.68. The summed E-state index contributed by atoms with van der Waals surface area (Å²) < 4.78 is 0.954. The maximum absolute atomic E-state index is 12.8. The van der Waals surface area contributed by atoms with Crippen LogP contribution >= 0.6 is 0 Å². The second kappa shape index (κ2) is 8.69. The van der Waals surface area contributed by atoms with Gasteiger partial charge in [-0.1, -0.05) is 6.08 Å². The van der Waals surface area contributed by atoms with Gasteiger partial charge in [0, 0.05) is 39.3 Å². The molecule has 0 aliphatic carbocycles. The van der Waals surface area contributed by atoms with Crippen LogP contribution in [0.1, 0.15) is 23.6 Å². The summed E-state index contributed by atoms with van der Waals surface area (Å²) in [7, 11) is 6.10. The molecule has 0 bridgehead atoms. The number of hydrogen-bond acceptors (Lipinski definition) is 8. The van der Waals surface area contributed by atoms with Crippen LogP contribution in [-0.2, 0) is 9.59 Å². The van der Waals surface area contributed by atoms with Crippen molar-refractivity contribution < 1.29 is 14.7 Å². The minimum Gasteiger partial charge on any atom is -0.493 e. The summed E-state index contributed by atoms with van der Waals surface area (Å²) in [5.41, 5.74) is -0.0787. The van der Waals surface area contributed by atoms with Gasteiger partial charge < -0.3 is 10.1 Å². The topological polar surface area (TPSA) is 134 Å². The molecule has 0 saturated carbocycles. The van der Waals surface area contributed by atoms with Crippen LogP contribution in [0.3, 0.4) is 0 Å². The van der Waals surface area contributed by atoms with E-state index in [1.807, 2.05) is 12.1 Å². The molecule has 0 atom stereocenters. The number of nitriles is 2. The molecular weight excluding hydrogens is 400 g/mol. The largest absolute Gasteiger partial charge is 0.493 e. The number of rotatable bonds is 4. The Kier molecular flexibility index (Phi) is 6.49. The van der Waals surface area contributed by atoms with Crippen molar-refractivity contribution in [1.29, 1.82) is 10.5 Å². The zero-order valence-electron chi connectivity index (χ0n) is 18.1. The molecule has 2 amide bonds. The molecule has 1 aliphatic rings. The van der Waals surface area contributed by atoms with E-state index in [0.29, 0.717) is 0 Å². The van der Waals surface area contributed by atoms with Gasteiger partial charge in [-0.15, -0.1) is 0 Å². The number of imide groups is 1. The fourth-order valence-corrected chi connectivity index (χ4v) is 3.18. The minimum absolute atomic E-state index is 0.125. The first kappa shape index (κ1) is 23.1. The fraction of sp³-hybridized carbons (Fsp3) is 0.286. The predicted molar refractivity (Wildman–Crippen MR) is 113 cm³/mol. The standard InChI is InChI=1S/C21H22N6O4/c1-12-14(18(28)26(24(3)4)20(30)16(12)10-22)8-7-9-15-13(2)17(11-23)21(31)27(19(15)29)25(5)6/h7-9,28H,1-6H3/b8-7+,15-9-. The molecule has 2 rings (SSSR count). The van der Waals surface area contributed by atoms with Gasteiger partial charge in [-0.3, -0.25) is 14.4 Å². The molecule has 31 heavy (non-hydrogen) atoms. The summed E-state index contributed by atoms with van der Waals surface area (Å²) in [6.07, 6.45) is 4.30. The van der Waals surface area contributed by atoms with Crippen LogP contribution in [0.5, 0.6) is 5.88 Å². The van der Waals surface area contributed by atoms with Crippen molar-refractivity contribution in [1.82, 2.24) is 14.7 Å². The summed E-state index contributed by atoms with van der Waals surface area (Å²) in [4.78, 5) is 37.6. The molecule has 0 spiro atoms. The van der Waals surface area contributed by atoms with Crippen LogP contribution in [0.2, 0.25) is 0 Å². The number of carbonyl (C=O) groups excluding carboxylic acids is 2. The maximum Gasteiger partial charge on any atom is 0.290 e. The fourth-order valence-electron chi connectivity index (χ4n) is 3.18. The van der Waals surface area contributed by atoms with Gasteiger partial charge >= 0.3 is 0 Å². The summed E-state index contributed by atoms with van der Waals surface area (Å²) in [6.45, 7) is 3.04. The SMILES string of the molecule is CC1=C(C#N)C(=O)N(N(C)C)C(=O)/C1=C\C=C\c1c(C)c(C#N)c(=O)n(N(C)C)c1O. The zero-order chi connectivity index (χ0) is 23.6. The van der Waals surface area contributed by atoms with Crippen LogP contribution in [0.15, 0.2) is 33.7 Å². The highest BCUT2D eigenvalue weighted by Gasteiger charge is 2.36. The van der Waals surface area contributed by atoms with Gasteiger partial charge in [-0.2, -0.15) is 15.2 Å². The Morgan fingerprint density at radius 3 is 2.06 bits per heavy atom. The summed E-state index contributed by atoms with van der Waals surface area (Å²) in [5.74, 6) is -1.68. The molecule has 0 saturated heterocycles. The Balaban J connectivity index is 2.67. The Morgan fingerprint density at radius 1 is 0.968 bits per heavy atom. The average molecular weight is 422 g/mol. The van der Waals surface area contributed by atoms with E-state index < -0.39 is 17.4 Å². The van der Waals surface area contributed by atoms with Crippen LogP contribution in [0, 0.1) is 29.6 Å². The molecule has 10 nitrogen and oxygen atoms in total. The zero-order valence-corrected chi connectivity index (χ0v) is 18.1. The number of amides is 2. The van der Waals surface area contributed by atoms with Crippen molar-refractivity contribution in [2.75, 3.05) is 33.2 Å². The van der Waals surface area contributed by atoms with E-state index in [2.05, 4.69) is 0 Å². The van der Waals surface area contributed by atoms with Gasteiger partial charge in [-0.05, 0) is 37.1 Å². The lowest BCUT2D eigenvalue weighted by atomic mass is 9.95. The molecule has 1 aliphatic heterocycles. The van der Waals surface area contributed by atoms with Crippen molar-refractivity contribution in [3.05, 3.63) is 55.9 Å². The van der Waals surface area contributed by atoms with E-state index in [-0.39, 0.29) is 39.3 Å². The van der Waals surface area contributed by atoms with Crippen molar-refractivity contribution in [2.45, 2.75) is 13.8 Å². The molecule has 1 aromatic heterocycles. The van der Waals surface area contributed by atoms with E-state index in [1.165, 1.54) is 70.3 Å². The van der Waals surface area contributed by atoms with Gasteiger partial charge in [0.2, 0.25) is 5.88 Å². The van der Waals surface area contributed by atoms with E-state index in [0.717, 1.165) is 9.69 Å². The maximum atomic E-state index is 12.8. The van der Waals surface area contributed by atoms with Crippen molar-refractivity contribution in [2.24, 2.45) is 0 Å². The molecule has 0 unspecified atom stereocenters. The highest BCUT2D eigenvalue weighted by molar-refractivity contribution is 6.17. The third-order valence-corrected chi connectivity index (χ3v) is 4.78. The Bertz CT molecular complexity index is 1200. The smallest absolute Gasteiger partial charge is 0.290 e. The molecule has 1 N–H and O–H groups in total. The Labute approximate surface area is 179 Å². The van der Waals surface area contributed by atoms with Gasteiger partial charge in [0.25, 0.3) is 17.4 Å². The van der Waals surface area contributed by atoms with Crippen molar-refractivity contribution in [3.63, 3.8) is 0 Å².